The molecule has 25 heavy (non-hydrogen) atoms. The molecule has 3 rings (SSSR count). The van der Waals surface area contributed by atoms with Gasteiger partial charge in [-0.15, -0.1) is 0 Å². The highest BCUT2D eigenvalue weighted by atomic mass is 32.2. The number of fused-ring (bicyclic) bond motifs is 1. The molecular formula is C19H23N3O2S. The molecule has 0 fully saturated rings. The number of nitrogens with one attached hydrogen (secondary N) is 1. The summed E-state index contributed by atoms with van der Waals surface area (Å²) >= 11 is 0. The van der Waals surface area contributed by atoms with Crippen molar-refractivity contribution < 1.29 is 8.42 Å². The van der Waals surface area contributed by atoms with Crippen LogP contribution >= 0.6 is 0 Å². The molecule has 2 aromatic carbocycles. The van der Waals surface area contributed by atoms with Gasteiger partial charge in [0.1, 0.15) is 5.82 Å². The van der Waals surface area contributed by atoms with Gasteiger partial charge >= 0.3 is 0 Å². The number of aromatic nitrogens is 2. The topological polar surface area (TPSA) is 64.0 Å². The van der Waals surface area contributed by atoms with E-state index >= 15 is 0 Å². The highest BCUT2D eigenvalue weighted by molar-refractivity contribution is 7.89. The van der Waals surface area contributed by atoms with Gasteiger partial charge in [0.05, 0.1) is 15.9 Å². The summed E-state index contributed by atoms with van der Waals surface area (Å²) in [4.78, 5) is 4.89. The molecule has 1 N–H and O–H groups in total. The van der Waals surface area contributed by atoms with Crippen LogP contribution in [-0.2, 0) is 16.6 Å². The van der Waals surface area contributed by atoms with E-state index in [0.717, 1.165) is 34.5 Å². The first kappa shape index (κ1) is 17.6. The molecule has 6 heteroatoms. The SMILES string of the molecule is Cc1ccc(C)c(S(=O)(=O)NCCCn2c(C)nc3ccccc32)c1. The van der Waals surface area contributed by atoms with Gasteiger partial charge in [-0.3, -0.25) is 0 Å². The summed E-state index contributed by atoms with van der Waals surface area (Å²) in [7, 11) is -3.48. The standard InChI is InChI=1S/C19H23N3O2S/c1-14-9-10-15(2)19(13-14)25(23,24)20-11-6-12-22-16(3)21-17-7-4-5-8-18(17)22/h4-5,7-10,13,20H,6,11-12H2,1-3H3. The van der Waals surface area contributed by atoms with E-state index in [1.54, 1.807) is 6.07 Å². The molecule has 0 aliphatic rings. The molecule has 0 saturated heterocycles. The van der Waals surface area contributed by atoms with E-state index in [0.29, 0.717) is 17.9 Å². The average molecular weight is 357 g/mol. The molecule has 0 atom stereocenters. The van der Waals surface area contributed by atoms with E-state index in [4.69, 9.17) is 0 Å². The van der Waals surface area contributed by atoms with Crippen molar-refractivity contribution in [3.05, 3.63) is 59.4 Å². The zero-order valence-electron chi connectivity index (χ0n) is 14.8. The molecule has 1 aromatic heterocycles. The molecule has 132 valence electrons. The highest BCUT2D eigenvalue weighted by Crippen LogP contribution is 2.17. The summed E-state index contributed by atoms with van der Waals surface area (Å²) in [5.41, 5.74) is 3.74. The Morgan fingerprint density at radius 1 is 1.08 bits per heavy atom. The van der Waals surface area contributed by atoms with Crippen LogP contribution in [0.2, 0.25) is 0 Å². The van der Waals surface area contributed by atoms with Crippen LogP contribution in [0.3, 0.4) is 0 Å². The van der Waals surface area contributed by atoms with Crippen LogP contribution in [0.25, 0.3) is 11.0 Å². The largest absolute Gasteiger partial charge is 0.328 e. The van der Waals surface area contributed by atoms with Gasteiger partial charge in [0.2, 0.25) is 10.0 Å². The first-order valence-electron chi connectivity index (χ1n) is 8.37. The predicted molar refractivity (Wildman–Crippen MR) is 100 cm³/mol. The lowest BCUT2D eigenvalue weighted by Gasteiger charge is -2.11. The van der Waals surface area contributed by atoms with Gasteiger partial charge in [-0.1, -0.05) is 24.3 Å². The van der Waals surface area contributed by atoms with Crippen molar-refractivity contribution in [1.82, 2.24) is 14.3 Å². The van der Waals surface area contributed by atoms with E-state index in [2.05, 4.69) is 14.3 Å². The van der Waals surface area contributed by atoms with Crippen LogP contribution in [-0.4, -0.2) is 24.5 Å². The summed E-state index contributed by atoms with van der Waals surface area (Å²) < 4.78 is 29.9. The third-order valence-electron chi connectivity index (χ3n) is 4.33. The number of sulfonamides is 1. The van der Waals surface area contributed by atoms with E-state index in [1.807, 2.05) is 57.2 Å². The van der Waals surface area contributed by atoms with Gasteiger partial charge < -0.3 is 4.57 Å². The van der Waals surface area contributed by atoms with Crippen molar-refractivity contribution in [3.8, 4) is 0 Å². The van der Waals surface area contributed by atoms with Gasteiger partial charge in [0, 0.05) is 13.1 Å². The van der Waals surface area contributed by atoms with Gasteiger partial charge in [0.15, 0.2) is 0 Å². The van der Waals surface area contributed by atoms with E-state index < -0.39 is 10.0 Å². The Morgan fingerprint density at radius 3 is 2.64 bits per heavy atom. The maximum absolute atomic E-state index is 12.5. The van der Waals surface area contributed by atoms with Gasteiger partial charge in [0.25, 0.3) is 0 Å². The Morgan fingerprint density at radius 2 is 1.84 bits per heavy atom. The molecule has 5 nitrogen and oxygen atoms in total. The van der Waals surface area contributed by atoms with Crippen LogP contribution in [0.1, 0.15) is 23.4 Å². The summed E-state index contributed by atoms with van der Waals surface area (Å²) in [5, 5.41) is 0. The number of para-hydroxylation sites is 2. The van der Waals surface area contributed by atoms with Gasteiger partial charge in [-0.05, 0) is 56.5 Å². The minimum absolute atomic E-state index is 0.358. The highest BCUT2D eigenvalue weighted by Gasteiger charge is 2.16. The maximum atomic E-state index is 12.5. The van der Waals surface area contributed by atoms with Crippen LogP contribution in [0.5, 0.6) is 0 Å². The molecule has 0 bridgehead atoms. The van der Waals surface area contributed by atoms with Crippen LogP contribution in [0.15, 0.2) is 47.4 Å². The fourth-order valence-corrected chi connectivity index (χ4v) is 4.40. The first-order valence-corrected chi connectivity index (χ1v) is 9.85. The summed E-state index contributed by atoms with van der Waals surface area (Å²) in [6.07, 6.45) is 0.700. The zero-order valence-corrected chi connectivity index (χ0v) is 15.6. The fourth-order valence-electron chi connectivity index (χ4n) is 3.00. The number of imidazole rings is 1. The normalized spacial score (nSPS) is 12.0. The first-order chi connectivity index (χ1) is 11.9. The Bertz CT molecular complexity index is 1010. The predicted octanol–water partition coefficient (Wildman–Crippen LogP) is 3.33. The molecule has 0 amide bonds. The summed E-state index contributed by atoms with van der Waals surface area (Å²) in [6, 6.07) is 13.5. The third-order valence-corrected chi connectivity index (χ3v) is 5.93. The van der Waals surface area contributed by atoms with E-state index in [9.17, 15) is 8.42 Å². The van der Waals surface area contributed by atoms with Crippen LogP contribution in [0, 0.1) is 20.8 Å². The van der Waals surface area contributed by atoms with Crippen molar-refractivity contribution in [3.63, 3.8) is 0 Å². The molecule has 3 aromatic rings. The zero-order chi connectivity index (χ0) is 18.0. The molecule has 0 aliphatic heterocycles. The quantitative estimate of drug-likeness (QED) is 0.688. The fraction of sp³-hybridized carbons (Fsp3) is 0.316. The van der Waals surface area contributed by atoms with Crippen molar-refractivity contribution in [1.29, 1.82) is 0 Å². The second kappa shape index (κ2) is 6.98. The van der Waals surface area contributed by atoms with E-state index in [-0.39, 0.29) is 0 Å². The maximum Gasteiger partial charge on any atom is 0.240 e. The van der Waals surface area contributed by atoms with E-state index in [1.165, 1.54) is 0 Å². The van der Waals surface area contributed by atoms with Gasteiger partial charge in [-0.2, -0.15) is 0 Å². The summed E-state index contributed by atoms with van der Waals surface area (Å²) in [5.74, 6) is 0.943. The Balaban J connectivity index is 1.66. The smallest absolute Gasteiger partial charge is 0.240 e. The summed E-state index contributed by atoms with van der Waals surface area (Å²) in [6.45, 7) is 6.80. The Hall–Kier alpha value is -2.18. The minimum Gasteiger partial charge on any atom is -0.328 e. The van der Waals surface area contributed by atoms with Crippen molar-refractivity contribution >= 4 is 21.1 Å². The lowest BCUT2D eigenvalue weighted by atomic mass is 10.2. The lowest BCUT2D eigenvalue weighted by molar-refractivity contribution is 0.569. The molecular weight excluding hydrogens is 334 g/mol. The third kappa shape index (κ3) is 3.75. The number of aryl methyl sites for hydroxylation is 4. The Labute approximate surface area is 148 Å². The average Bonchev–Trinajstić information content (AvgIpc) is 2.89. The monoisotopic (exact) mass is 357 g/mol. The van der Waals surface area contributed by atoms with Gasteiger partial charge in [-0.25, -0.2) is 18.1 Å². The molecule has 0 unspecified atom stereocenters. The molecule has 0 spiro atoms. The minimum atomic E-state index is -3.48. The number of hydrogen-bond acceptors (Lipinski definition) is 3. The second-order valence-corrected chi connectivity index (χ2v) is 8.06. The van der Waals surface area contributed by atoms with Crippen molar-refractivity contribution in [2.45, 2.75) is 38.6 Å². The Kier molecular flexibility index (Phi) is 4.92. The molecule has 0 saturated carbocycles. The number of hydrogen-bond donors (Lipinski definition) is 1. The number of rotatable bonds is 6. The molecule has 1 heterocycles. The molecule has 0 radical (unpaired) electrons. The van der Waals surface area contributed by atoms with Crippen LogP contribution in [0.4, 0.5) is 0 Å². The second-order valence-electron chi connectivity index (χ2n) is 6.32. The number of nitrogens with zero attached hydrogens (tertiary/aromatic N) is 2. The number of benzene rings is 2. The van der Waals surface area contributed by atoms with Crippen molar-refractivity contribution in [2.24, 2.45) is 0 Å². The lowest BCUT2D eigenvalue weighted by Crippen LogP contribution is -2.26. The van der Waals surface area contributed by atoms with Crippen LogP contribution < -0.4 is 4.72 Å². The molecule has 0 aliphatic carbocycles. The van der Waals surface area contributed by atoms with Crippen molar-refractivity contribution in [2.75, 3.05) is 6.54 Å².